The molecule has 0 aliphatic heterocycles. The monoisotopic (exact) mass is 898 g/mol. The first-order valence-corrected chi connectivity index (χ1v) is 26.3. The predicted molar refractivity (Wildman–Crippen MR) is 268 cm³/mol. The summed E-state index contributed by atoms with van der Waals surface area (Å²) in [5.41, 5.74) is 0. The van der Waals surface area contributed by atoms with Crippen LogP contribution in [0.4, 0.5) is 0 Å². The van der Waals surface area contributed by atoms with Crippen LogP contribution in [0.1, 0.15) is 226 Å². The summed E-state index contributed by atoms with van der Waals surface area (Å²) in [5, 5.41) is 11.7. The number of rotatable bonds is 47. The van der Waals surface area contributed by atoms with Crippen LogP contribution in [-0.4, -0.2) is 75.5 Å². The number of likely N-dealkylation sites (N-methyl/N-ethyl adjacent to an activating group) is 1. The van der Waals surface area contributed by atoms with Gasteiger partial charge in [0, 0.05) is 19.3 Å². The number of carboxylic acids is 1. The van der Waals surface area contributed by atoms with Gasteiger partial charge in [0.25, 0.3) is 0 Å². The van der Waals surface area contributed by atoms with Crippen LogP contribution in [-0.2, 0) is 28.6 Å². The Morgan fingerprint density at radius 2 is 0.875 bits per heavy atom. The first kappa shape index (κ1) is 61.0. The van der Waals surface area contributed by atoms with Crippen molar-refractivity contribution in [3.05, 3.63) is 60.8 Å². The number of hydrogen-bond acceptors (Lipinski definition) is 7. The molecule has 0 bridgehead atoms. The van der Waals surface area contributed by atoms with E-state index in [1.165, 1.54) is 122 Å². The van der Waals surface area contributed by atoms with Crippen molar-refractivity contribution in [3.63, 3.8) is 0 Å². The van der Waals surface area contributed by atoms with Crippen molar-refractivity contribution >= 4 is 17.9 Å². The van der Waals surface area contributed by atoms with E-state index in [9.17, 15) is 19.5 Å². The fraction of sp³-hybridized carbons (Fsp3) is 0.768. The predicted octanol–water partition coefficient (Wildman–Crippen LogP) is 14.0. The molecule has 64 heavy (non-hydrogen) atoms. The minimum Gasteiger partial charge on any atom is -0.544 e. The van der Waals surface area contributed by atoms with Gasteiger partial charge in [0.15, 0.2) is 6.10 Å². The second kappa shape index (κ2) is 46.6. The lowest BCUT2D eigenvalue weighted by atomic mass is 10.1. The van der Waals surface area contributed by atoms with Gasteiger partial charge >= 0.3 is 11.9 Å². The second-order valence-corrected chi connectivity index (χ2v) is 18.7. The molecule has 8 nitrogen and oxygen atoms in total. The van der Waals surface area contributed by atoms with E-state index in [4.69, 9.17) is 14.2 Å². The number of carboxylic acid groups (broad SMARTS) is 1. The molecule has 8 heteroatoms. The first-order chi connectivity index (χ1) is 31.1. The van der Waals surface area contributed by atoms with Gasteiger partial charge in [0.1, 0.15) is 12.6 Å². The maximum atomic E-state index is 12.8. The molecule has 0 saturated heterocycles. The zero-order chi connectivity index (χ0) is 47.0. The highest BCUT2D eigenvalue weighted by Crippen LogP contribution is 2.15. The lowest BCUT2D eigenvalue weighted by Gasteiger charge is -2.34. The average Bonchev–Trinajstić information content (AvgIpc) is 3.26. The summed E-state index contributed by atoms with van der Waals surface area (Å²) in [5.74, 6) is -1.74. The zero-order valence-corrected chi connectivity index (χ0v) is 42.2. The summed E-state index contributed by atoms with van der Waals surface area (Å²) in [6.07, 6.45) is 58.2. The van der Waals surface area contributed by atoms with Crippen LogP contribution in [0, 0.1) is 0 Å². The number of hydrogen-bond donors (Lipinski definition) is 0. The Hall–Kier alpha value is -2.97. The van der Waals surface area contributed by atoms with Crippen LogP contribution in [0.2, 0.25) is 0 Å². The highest BCUT2D eigenvalue weighted by molar-refractivity contribution is 5.70. The Kier molecular flexibility index (Phi) is 44.4. The quantitative estimate of drug-likeness (QED) is 0.0259. The van der Waals surface area contributed by atoms with E-state index in [0.29, 0.717) is 12.8 Å². The zero-order valence-electron chi connectivity index (χ0n) is 42.2. The number of quaternary nitrogens is 1. The Morgan fingerprint density at radius 1 is 0.484 bits per heavy atom. The minimum absolute atomic E-state index is 0.0359. The Bertz CT molecular complexity index is 1230. The molecular weight excluding hydrogens is 799 g/mol. The molecule has 2 atom stereocenters. The second-order valence-electron chi connectivity index (χ2n) is 18.7. The Morgan fingerprint density at radius 3 is 1.31 bits per heavy atom. The fourth-order valence-electron chi connectivity index (χ4n) is 7.59. The molecule has 0 aliphatic rings. The Labute approximate surface area is 394 Å². The van der Waals surface area contributed by atoms with Gasteiger partial charge in [-0.05, 0) is 77.0 Å². The van der Waals surface area contributed by atoms with Crippen LogP contribution < -0.4 is 5.11 Å². The molecule has 0 amide bonds. The molecule has 2 unspecified atom stereocenters. The van der Waals surface area contributed by atoms with E-state index >= 15 is 0 Å². The van der Waals surface area contributed by atoms with Crippen LogP contribution in [0.15, 0.2) is 60.8 Å². The summed E-state index contributed by atoms with van der Waals surface area (Å²) >= 11 is 0. The third-order valence-electron chi connectivity index (χ3n) is 11.6. The molecule has 0 aromatic carbocycles. The van der Waals surface area contributed by atoms with Gasteiger partial charge in [-0.1, -0.05) is 190 Å². The third kappa shape index (κ3) is 44.2. The van der Waals surface area contributed by atoms with E-state index in [-0.39, 0.29) is 42.7 Å². The number of ether oxygens (including phenoxy) is 3. The van der Waals surface area contributed by atoms with Gasteiger partial charge in [-0.25, -0.2) is 0 Å². The topological polar surface area (TPSA) is 102 Å². The fourth-order valence-corrected chi connectivity index (χ4v) is 7.59. The maximum absolute atomic E-state index is 12.8. The molecule has 0 N–H and O–H groups in total. The van der Waals surface area contributed by atoms with Crippen LogP contribution in [0.25, 0.3) is 0 Å². The van der Waals surface area contributed by atoms with Gasteiger partial charge in [0.05, 0.1) is 40.3 Å². The van der Waals surface area contributed by atoms with Crippen LogP contribution >= 0.6 is 0 Å². The van der Waals surface area contributed by atoms with Gasteiger partial charge < -0.3 is 28.6 Å². The standard InChI is InChI=1S/C56H99NO7/c1-6-8-10-12-14-16-18-20-22-24-26-27-29-31-33-35-37-39-41-43-45-47-55(59)64-52(50-62-49-48-53(56(60)61)57(3,4)5)51-63-54(58)46-44-42-40-38-36-34-32-30-28-25-23-21-19-17-15-13-11-9-7-2/h8,10,14,16,20-23,26-27,52-53H,6-7,9,11-13,15,17-19,24-25,28-51H2,1-5H3/b10-8-,16-14-,22-20-,23-21-,27-26-. The normalized spacial score (nSPS) is 13.3. The lowest BCUT2D eigenvalue weighted by molar-refractivity contribution is -0.889. The highest BCUT2D eigenvalue weighted by Gasteiger charge is 2.25. The van der Waals surface area contributed by atoms with E-state index in [1.807, 2.05) is 0 Å². The number of esters is 2. The molecule has 370 valence electrons. The smallest absolute Gasteiger partial charge is 0.306 e. The molecular formula is C56H99NO7. The van der Waals surface area contributed by atoms with E-state index in [1.54, 1.807) is 21.1 Å². The third-order valence-corrected chi connectivity index (χ3v) is 11.6. The van der Waals surface area contributed by atoms with E-state index in [2.05, 4.69) is 74.6 Å². The first-order valence-electron chi connectivity index (χ1n) is 26.3. The Balaban J connectivity index is 4.25. The molecule has 0 aromatic heterocycles. The SMILES string of the molecule is CC/C=C\C/C=C\C/C=C\C/C=C\CCCCCCCCCCC(=O)OC(COCCC(C(=O)[O-])[N+](C)(C)C)COC(=O)CCCCCCCCCCC/C=C\CCCCCCCC. The number of aliphatic carboxylic acids is 1. The van der Waals surface area contributed by atoms with Crippen molar-refractivity contribution in [3.8, 4) is 0 Å². The molecule has 0 radical (unpaired) electrons. The molecule has 0 rings (SSSR count). The van der Waals surface area contributed by atoms with Gasteiger partial charge in [-0.15, -0.1) is 0 Å². The van der Waals surface area contributed by atoms with Crippen molar-refractivity contribution in [2.24, 2.45) is 0 Å². The van der Waals surface area contributed by atoms with E-state index < -0.39 is 18.1 Å². The lowest BCUT2D eigenvalue weighted by Crippen LogP contribution is -2.55. The molecule has 0 heterocycles. The average molecular weight is 898 g/mol. The van der Waals surface area contributed by atoms with Gasteiger partial charge in [0.2, 0.25) is 0 Å². The van der Waals surface area contributed by atoms with Crippen molar-refractivity contribution in [2.75, 3.05) is 41.0 Å². The molecule has 0 aromatic rings. The minimum atomic E-state index is -1.13. The van der Waals surface area contributed by atoms with Gasteiger partial charge in [-0.2, -0.15) is 0 Å². The van der Waals surface area contributed by atoms with E-state index in [0.717, 1.165) is 70.6 Å². The summed E-state index contributed by atoms with van der Waals surface area (Å²) in [7, 11) is 5.41. The highest BCUT2D eigenvalue weighted by atomic mass is 16.6. The molecule has 0 spiro atoms. The summed E-state index contributed by atoms with van der Waals surface area (Å²) in [6, 6.07) is -0.730. The number of nitrogens with zero attached hydrogens (tertiary/aromatic N) is 1. The molecule has 0 aliphatic carbocycles. The number of carbonyl (C=O) groups excluding carboxylic acids is 3. The maximum Gasteiger partial charge on any atom is 0.306 e. The van der Waals surface area contributed by atoms with Crippen molar-refractivity contribution in [2.45, 2.75) is 238 Å². The van der Waals surface area contributed by atoms with Crippen LogP contribution in [0.3, 0.4) is 0 Å². The van der Waals surface area contributed by atoms with Crippen molar-refractivity contribution in [1.82, 2.24) is 0 Å². The summed E-state index contributed by atoms with van der Waals surface area (Å²) in [4.78, 5) is 37.1. The molecule has 0 saturated carbocycles. The van der Waals surface area contributed by atoms with Crippen LogP contribution in [0.5, 0.6) is 0 Å². The number of carbonyl (C=O) groups is 3. The number of unbranched alkanes of at least 4 members (excludes halogenated alkanes) is 23. The van der Waals surface area contributed by atoms with Gasteiger partial charge in [-0.3, -0.25) is 9.59 Å². The number of allylic oxidation sites excluding steroid dienone is 10. The summed E-state index contributed by atoms with van der Waals surface area (Å²) in [6.45, 7) is 4.56. The van der Waals surface area contributed by atoms with Crippen molar-refractivity contribution < 1.29 is 38.2 Å². The summed E-state index contributed by atoms with van der Waals surface area (Å²) < 4.78 is 17.3. The largest absolute Gasteiger partial charge is 0.544 e. The molecule has 0 fully saturated rings. The van der Waals surface area contributed by atoms with Crippen molar-refractivity contribution in [1.29, 1.82) is 0 Å².